The number of carboxylic acids is 1. The number of rotatable bonds is 4. The van der Waals surface area contributed by atoms with Gasteiger partial charge in [0.25, 0.3) is 5.91 Å². The van der Waals surface area contributed by atoms with E-state index in [1.54, 1.807) is 17.0 Å². The van der Waals surface area contributed by atoms with E-state index in [9.17, 15) is 9.59 Å². The van der Waals surface area contributed by atoms with Crippen molar-refractivity contribution in [3.63, 3.8) is 0 Å². The van der Waals surface area contributed by atoms with Gasteiger partial charge in [-0.1, -0.05) is 0 Å². The minimum Gasteiger partial charge on any atom is -0.480 e. The third-order valence-corrected chi connectivity index (χ3v) is 3.18. The van der Waals surface area contributed by atoms with Crippen LogP contribution in [-0.4, -0.2) is 41.1 Å². The van der Waals surface area contributed by atoms with Crippen molar-refractivity contribution in [1.29, 1.82) is 0 Å². The van der Waals surface area contributed by atoms with Gasteiger partial charge in [0, 0.05) is 19.3 Å². The van der Waals surface area contributed by atoms with Gasteiger partial charge in [0.15, 0.2) is 0 Å². The number of carbonyl (C=O) groups excluding carboxylic acids is 1. The Morgan fingerprint density at radius 3 is 2.89 bits per heavy atom. The molecule has 6 heteroatoms. The van der Waals surface area contributed by atoms with Crippen LogP contribution in [0, 0.1) is 0 Å². The first-order chi connectivity index (χ1) is 9.13. The first-order valence-corrected chi connectivity index (χ1v) is 6.37. The topological polar surface area (TPSA) is 82.5 Å². The fourth-order valence-corrected chi connectivity index (χ4v) is 2.25. The number of carboxylic acid groups (broad SMARTS) is 1. The molecule has 6 nitrogen and oxygen atoms in total. The summed E-state index contributed by atoms with van der Waals surface area (Å²) in [6.07, 6.45) is 2.96. The highest BCUT2D eigenvalue weighted by atomic mass is 16.4. The molecule has 0 aliphatic carbocycles. The number of carbonyl (C=O) groups is 2. The molecule has 19 heavy (non-hydrogen) atoms. The number of nitrogens with zero attached hydrogens (tertiary/aromatic N) is 2. The number of anilines is 1. The van der Waals surface area contributed by atoms with E-state index in [2.05, 4.69) is 10.3 Å². The molecular formula is C13H17N3O3. The van der Waals surface area contributed by atoms with Crippen molar-refractivity contribution < 1.29 is 14.7 Å². The summed E-state index contributed by atoms with van der Waals surface area (Å²) in [7, 11) is 0. The molecule has 1 aromatic rings. The molecule has 0 bridgehead atoms. The highest BCUT2D eigenvalue weighted by Gasteiger charge is 2.31. The van der Waals surface area contributed by atoms with Gasteiger partial charge in [-0.3, -0.25) is 4.79 Å². The van der Waals surface area contributed by atoms with Gasteiger partial charge in [0.1, 0.15) is 11.9 Å². The predicted molar refractivity (Wildman–Crippen MR) is 70.2 cm³/mol. The van der Waals surface area contributed by atoms with Crippen LogP contribution in [-0.2, 0) is 4.79 Å². The van der Waals surface area contributed by atoms with Crippen molar-refractivity contribution >= 4 is 17.7 Å². The maximum absolute atomic E-state index is 11.6. The summed E-state index contributed by atoms with van der Waals surface area (Å²) in [6.45, 7) is 3.10. The monoisotopic (exact) mass is 263 g/mol. The molecule has 1 unspecified atom stereocenters. The van der Waals surface area contributed by atoms with Gasteiger partial charge >= 0.3 is 5.97 Å². The number of aliphatic carboxylic acids is 1. The fraction of sp³-hybridized carbons (Fsp3) is 0.462. The van der Waals surface area contributed by atoms with E-state index >= 15 is 0 Å². The van der Waals surface area contributed by atoms with E-state index in [0.717, 1.165) is 6.42 Å². The van der Waals surface area contributed by atoms with Gasteiger partial charge in [-0.25, -0.2) is 9.78 Å². The fourth-order valence-electron chi connectivity index (χ4n) is 2.25. The van der Waals surface area contributed by atoms with Crippen LogP contribution in [0.25, 0.3) is 0 Å². The summed E-state index contributed by atoms with van der Waals surface area (Å²) in [5, 5.41) is 11.8. The maximum Gasteiger partial charge on any atom is 0.326 e. The Balaban J connectivity index is 2.14. The van der Waals surface area contributed by atoms with E-state index in [4.69, 9.17) is 5.11 Å². The molecular weight excluding hydrogens is 246 g/mol. The van der Waals surface area contributed by atoms with Crippen LogP contribution in [0.1, 0.15) is 30.1 Å². The van der Waals surface area contributed by atoms with Crippen LogP contribution in [0.5, 0.6) is 0 Å². The van der Waals surface area contributed by atoms with Crippen LogP contribution < -0.4 is 10.2 Å². The molecule has 1 aliphatic heterocycles. The first kappa shape index (κ1) is 13.3. The van der Waals surface area contributed by atoms with Crippen molar-refractivity contribution in [2.45, 2.75) is 25.8 Å². The highest BCUT2D eigenvalue weighted by Crippen LogP contribution is 2.23. The Labute approximate surface area is 111 Å². The molecule has 102 valence electrons. The molecule has 0 spiro atoms. The molecule has 1 fully saturated rings. The zero-order valence-corrected chi connectivity index (χ0v) is 10.8. The summed E-state index contributed by atoms with van der Waals surface area (Å²) in [4.78, 5) is 28.7. The average molecular weight is 263 g/mol. The second-order valence-electron chi connectivity index (χ2n) is 4.45. The zero-order valence-electron chi connectivity index (χ0n) is 10.8. The molecule has 2 rings (SSSR count). The van der Waals surface area contributed by atoms with Crippen LogP contribution in [0.15, 0.2) is 18.3 Å². The molecule has 2 N–H and O–H groups in total. The molecule has 0 saturated carbocycles. The summed E-state index contributed by atoms with van der Waals surface area (Å²) in [5.41, 5.74) is 0.483. The predicted octanol–water partition coefficient (Wildman–Crippen LogP) is 0.885. The van der Waals surface area contributed by atoms with Gasteiger partial charge in [-0.15, -0.1) is 0 Å². The SMILES string of the molecule is CCNC(=O)c1ccc(N2CCCC2C(=O)O)nc1. The first-order valence-electron chi connectivity index (χ1n) is 6.37. The van der Waals surface area contributed by atoms with E-state index < -0.39 is 12.0 Å². The molecule has 2 heterocycles. The zero-order chi connectivity index (χ0) is 13.8. The van der Waals surface area contributed by atoms with Crippen molar-refractivity contribution in [1.82, 2.24) is 10.3 Å². The molecule has 1 aromatic heterocycles. The average Bonchev–Trinajstić information content (AvgIpc) is 2.88. The lowest BCUT2D eigenvalue weighted by atomic mass is 10.2. The van der Waals surface area contributed by atoms with Gasteiger partial charge in [-0.05, 0) is 31.9 Å². The summed E-state index contributed by atoms with van der Waals surface area (Å²) >= 11 is 0. The Kier molecular flexibility index (Phi) is 3.99. The van der Waals surface area contributed by atoms with E-state index in [-0.39, 0.29) is 5.91 Å². The van der Waals surface area contributed by atoms with Crippen LogP contribution >= 0.6 is 0 Å². The van der Waals surface area contributed by atoms with E-state index in [1.165, 1.54) is 6.20 Å². The molecule has 0 aromatic carbocycles. The number of pyridine rings is 1. The van der Waals surface area contributed by atoms with Crippen molar-refractivity contribution in [2.24, 2.45) is 0 Å². The van der Waals surface area contributed by atoms with E-state index in [0.29, 0.717) is 30.9 Å². The summed E-state index contributed by atoms with van der Waals surface area (Å²) < 4.78 is 0. The minimum atomic E-state index is -0.827. The Morgan fingerprint density at radius 1 is 1.53 bits per heavy atom. The maximum atomic E-state index is 11.6. The molecule has 1 saturated heterocycles. The molecule has 1 atom stereocenters. The second kappa shape index (κ2) is 5.69. The van der Waals surface area contributed by atoms with Gasteiger partial charge in [0.2, 0.25) is 0 Å². The smallest absolute Gasteiger partial charge is 0.326 e. The lowest BCUT2D eigenvalue weighted by Crippen LogP contribution is -2.36. The van der Waals surface area contributed by atoms with Crippen molar-refractivity contribution in [3.8, 4) is 0 Å². The van der Waals surface area contributed by atoms with Gasteiger partial charge in [-0.2, -0.15) is 0 Å². The van der Waals surface area contributed by atoms with Gasteiger partial charge < -0.3 is 15.3 Å². The minimum absolute atomic E-state index is 0.169. The van der Waals surface area contributed by atoms with Crippen molar-refractivity contribution in [2.75, 3.05) is 18.0 Å². The van der Waals surface area contributed by atoms with Gasteiger partial charge in [0.05, 0.1) is 5.56 Å². The normalized spacial score (nSPS) is 18.4. The van der Waals surface area contributed by atoms with E-state index in [1.807, 2.05) is 6.92 Å². The third kappa shape index (κ3) is 2.83. The molecule has 1 aliphatic rings. The quantitative estimate of drug-likeness (QED) is 0.842. The Hall–Kier alpha value is -2.11. The number of amides is 1. The van der Waals surface area contributed by atoms with Crippen LogP contribution in [0.3, 0.4) is 0 Å². The third-order valence-electron chi connectivity index (χ3n) is 3.18. The molecule has 1 amide bonds. The number of aromatic nitrogens is 1. The Bertz CT molecular complexity index is 473. The molecule has 0 radical (unpaired) electrons. The second-order valence-corrected chi connectivity index (χ2v) is 4.45. The summed E-state index contributed by atoms with van der Waals surface area (Å²) in [5.74, 6) is -0.386. The Morgan fingerprint density at radius 2 is 2.32 bits per heavy atom. The lowest BCUT2D eigenvalue weighted by molar-refractivity contribution is -0.138. The van der Waals surface area contributed by atoms with Crippen LogP contribution in [0.4, 0.5) is 5.82 Å². The number of hydrogen-bond acceptors (Lipinski definition) is 4. The summed E-state index contributed by atoms with van der Waals surface area (Å²) in [6, 6.07) is 2.86. The van der Waals surface area contributed by atoms with Crippen molar-refractivity contribution in [3.05, 3.63) is 23.9 Å². The number of nitrogens with one attached hydrogen (secondary N) is 1. The number of hydrogen-bond donors (Lipinski definition) is 2. The highest BCUT2D eigenvalue weighted by molar-refractivity contribution is 5.94. The lowest BCUT2D eigenvalue weighted by Gasteiger charge is -2.22. The largest absolute Gasteiger partial charge is 0.480 e. The standard InChI is InChI=1S/C13H17N3O3/c1-2-14-12(17)9-5-6-11(15-8-9)16-7-3-4-10(16)13(18)19/h5-6,8,10H,2-4,7H2,1H3,(H,14,17)(H,18,19). The van der Waals surface area contributed by atoms with Crippen LogP contribution in [0.2, 0.25) is 0 Å².